The maximum Gasteiger partial charge on any atom is 0.0989 e. The molecular formula is C9H27Cl2PSi4. The van der Waals surface area contributed by atoms with E-state index in [-0.39, 0.29) is 0 Å². The maximum atomic E-state index is 6.65. The van der Waals surface area contributed by atoms with Crippen LogP contribution in [0.5, 0.6) is 0 Å². The quantitative estimate of drug-likeness (QED) is 0.433. The zero-order valence-corrected chi connectivity index (χ0v) is 18.6. The van der Waals surface area contributed by atoms with Gasteiger partial charge in [0.25, 0.3) is 0 Å². The molecule has 0 nitrogen and oxygen atoms in total. The number of rotatable bonds is 4. The third-order valence-electron chi connectivity index (χ3n) is 3.51. The van der Waals surface area contributed by atoms with Crippen molar-refractivity contribution in [1.29, 1.82) is 0 Å². The zero-order valence-electron chi connectivity index (χ0n) is 12.2. The van der Waals surface area contributed by atoms with Crippen molar-refractivity contribution in [2.75, 3.05) is 0 Å². The first-order valence-electron chi connectivity index (χ1n) is 5.81. The molecular weight excluding hydrogens is 322 g/mol. The monoisotopic (exact) mass is 348 g/mol. The molecule has 98 valence electrons. The molecule has 0 spiro atoms. The van der Waals surface area contributed by atoms with Crippen LogP contribution in [0.3, 0.4) is 0 Å². The SMILES string of the molecule is C[Si](C)(C)[Si](P(Cl)Cl)([Si](C)(C)C)[Si](C)(C)C. The molecule has 0 saturated heterocycles. The first kappa shape index (κ1) is 17.9. The van der Waals surface area contributed by atoms with Crippen molar-refractivity contribution in [2.24, 2.45) is 0 Å². The predicted molar refractivity (Wildman–Crippen MR) is 94.4 cm³/mol. The van der Waals surface area contributed by atoms with Gasteiger partial charge in [0, 0.05) is 22.8 Å². The van der Waals surface area contributed by atoms with E-state index >= 15 is 0 Å². The Balaban J connectivity index is 6.05. The second-order valence-electron chi connectivity index (χ2n) is 7.69. The predicted octanol–water partition coefficient (Wildman–Crippen LogP) is 5.97. The van der Waals surface area contributed by atoms with E-state index in [9.17, 15) is 0 Å². The van der Waals surface area contributed by atoms with Crippen LogP contribution < -0.4 is 0 Å². The molecule has 7 heteroatoms. The van der Waals surface area contributed by atoms with E-state index in [0.29, 0.717) is 0 Å². The van der Waals surface area contributed by atoms with Gasteiger partial charge in [0.2, 0.25) is 0 Å². The van der Waals surface area contributed by atoms with Gasteiger partial charge in [0.15, 0.2) is 0 Å². The third-order valence-corrected chi connectivity index (χ3v) is 108. The molecule has 0 fully saturated rings. The second kappa shape index (κ2) is 5.10. The lowest BCUT2D eigenvalue weighted by Gasteiger charge is -2.57. The largest absolute Gasteiger partial charge is 0.0989 e. The van der Waals surface area contributed by atoms with Gasteiger partial charge in [-0.3, -0.25) is 0 Å². The summed E-state index contributed by atoms with van der Waals surface area (Å²) < 4.78 is 0. The number of hydrogen-bond acceptors (Lipinski definition) is 0. The van der Waals surface area contributed by atoms with Crippen LogP contribution in [-0.4, -0.2) is 29.1 Å². The van der Waals surface area contributed by atoms with Crippen LogP contribution in [0.4, 0.5) is 0 Å². The Labute approximate surface area is 116 Å². The van der Waals surface area contributed by atoms with Crippen molar-refractivity contribution in [1.82, 2.24) is 0 Å². The van der Waals surface area contributed by atoms with Crippen LogP contribution >= 0.6 is 28.7 Å². The molecule has 0 amide bonds. The van der Waals surface area contributed by atoms with E-state index in [1.165, 1.54) is 0 Å². The fraction of sp³-hybridized carbons (Fsp3) is 1.00. The van der Waals surface area contributed by atoms with Gasteiger partial charge in [-0.15, -0.1) is 0 Å². The van der Waals surface area contributed by atoms with Crippen molar-refractivity contribution in [3.05, 3.63) is 0 Å². The van der Waals surface area contributed by atoms with Crippen molar-refractivity contribution >= 4 is 57.7 Å². The molecule has 16 heavy (non-hydrogen) atoms. The summed E-state index contributed by atoms with van der Waals surface area (Å²) in [5.74, 6) is 0. The maximum absolute atomic E-state index is 6.65. The molecule has 0 aromatic rings. The fourth-order valence-corrected chi connectivity index (χ4v) is 153. The van der Waals surface area contributed by atoms with E-state index in [0.717, 1.165) is 0 Å². The standard InChI is InChI=1S/C9H27Cl2PSi4/c1-13(2,3)16(12(10)11,14(4,5)6)15(7,8)9/h1-9H3. The average molecular weight is 350 g/mol. The molecule has 0 N–H and O–H groups in total. The van der Waals surface area contributed by atoms with Crippen molar-refractivity contribution in [3.8, 4) is 0 Å². The lowest BCUT2D eigenvalue weighted by molar-refractivity contribution is 1.76. The lowest BCUT2D eigenvalue weighted by atomic mass is 11.8. The van der Waals surface area contributed by atoms with Crippen LogP contribution in [-0.2, 0) is 0 Å². The summed E-state index contributed by atoms with van der Waals surface area (Å²) in [4.78, 5) is 0. The van der Waals surface area contributed by atoms with Crippen LogP contribution in [0.1, 0.15) is 0 Å². The topological polar surface area (TPSA) is 0 Å². The summed E-state index contributed by atoms with van der Waals surface area (Å²) in [6.45, 7) is 22.7. The summed E-state index contributed by atoms with van der Waals surface area (Å²) in [5.41, 5.74) is 0. The van der Waals surface area contributed by atoms with Gasteiger partial charge >= 0.3 is 0 Å². The normalized spacial score (nSPS) is 15.8. The van der Waals surface area contributed by atoms with Gasteiger partial charge in [-0.1, -0.05) is 81.4 Å². The lowest BCUT2D eigenvalue weighted by Crippen LogP contribution is -2.80. The smallest absolute Gasteiger partial charge is 0.0844 e. The first-order valence-corrected chi connectivity index (χ1v) is 25.3. The molecule has 0 saturated carbocycles. The van der Waals surface area contributed by atoms with E-state index in [4.69, 9.17) is 22.5 Å². The molecule has 0 unspecified atom stereocenters. The Morgan fingerprint density at radius 2 is 0.750 bits per heavy atom. The van der Waals surface area contributed by atoms with Crippen LogP contribution in [0, 0.1) is 0 Å². The Kier molecular flexibility index (Phi) is 5.70. The fourth-order valence-electron chi connectivity index (χ4n) is 4.14. The molecule has 0 aromatic heterocycles. The van der Waals surface area contributed by atoms with Gasteiger partial charge in [0.05, 0.1) is 12.5 Å². The first-order chi connectivity index (χ1) is 6.69. The molecule has 0 rings (SSSR count). The van der Waals surface area contributed by atoms with Gasteiger partial charge in [-0.2, -0.15) is 0 Å². The Morgan fingerprint density at radius 1 is 0.562 bits per heavy atom. The Morgan fingerprint density at radius 3 is 0.750 bits per heavy atom. The van der Waals surface area contributed by atoms with Crippen LogP contribution in [0.15, 0.2) is 0 Å². The highest BCUT2D eigenvalue weighted by Gasteiger charge is 2.65. The number of halogens is 2. The highest BCUT2D eigenvalue weighted by molar-refractivity contribution is 8.45. The van der Waals surface area contributed by atoms with Gasteiger partial charge in [-0.05, 0) is 0 Å². The molecule has 0 aliphatic rings. The number of hydrogen-bond donors (Lipinski definition) is 0. The molecule has 0 radical (unpaired) electrons. The van der Waals surface area contributed by atoms with Gasteiger partial charge in [-0.25, -0.2) is 0 Å². The summed E-state index contributed by atoms with van der Waals surface area (Å²) in [6, 6.07) is 0. The second-order valence-corrected chi connectivity index (χ2v) is 59.2. The van der Waals surface area contributed by atoms with E-state index in [1.54, 1.807) is 0 Å². The summed E-state index contributed by atoms with van der Waals surface area (Å²) in [7, 11) is -3.73. The van der Waals surface area contributed by atoms with Crippen molar-refractivity contribution < 1.29 is 0 Å². The molecule has 0 heterocycles. The molecule has 0 bridgehead atoms. The van der Waals surface area contributed by atoms with E-state index in [2.05, 4.69) is 58.9 Å². The Hall–Kier alpha value is 1.88. The molecule has 0 aliphatic carbocycles. The van der Waals surface area contributed by atoms with Crippen LogP contribution in [0.25, 0.3) is 0 Å². The summed E-state index contributed by atoms with van der Waals surface area (Å²) in [5, 5.41) is 0. The molecule has 0 aromatic carbocycles. The average Bonchev–Trinajstić information content (AvgIpc) is 1.71. The van der Waals surface area contributed by atoms with E-state index in [1.807, 2.05) is 0 Å². The van der Waals surface area contributed by atoms with E-state index < -0.39 is 35.2 Å². The van der Waals surface area contributed by atoms with Gasteiger partial charge < -0.3 is 0 Å². The minimum absolute atomic E-state index is 0.744. The summed E-state index contributed by atoms with van der Waals surface area (Å²) >= 11 is 13.3. The highest BCUT2D eigenvalue weighted by atomic mass is 35.9. The summed E-state index contributed by atoms with van der Waals surface area (Å²) in [6.07, 6.45) is -2.21. The van der Waals surface area contributed by atoms with Crippen molar-refractivity contribution in [2.45, 2.75) is 58.9 Å². The molecule has 0 atom stereocenters. The molecule has 0 aliphatic heterocycles. The Bertz CT molecular complexity index is 214. The minimum atomic E-state index is -1.47. The van der Waals surface area contributed by atoms with Crippen LogP contribution in [0.2, 0.25) is 58.9 Å². The third kappa shape index (κ3) is 2.89. The highest BCUT2D eigenvalue weighted by Crippen LogP contribution is 2.65. The zero-order chi connectivity index (χ0) is 13.6. The minimum Gasteiger partial charge on any atom is -0.0844 e. The van der Waals surface area contributed by atoms with Gasteiger partial charge in [0.1, 0.15) is 0 Å². The van der Waals surface area contributed by atoms with Crippen molar-refractivity contribution in [3.63, 3.8) is 0 Å².